The summed E-state index contributed by atoms with van der Waals surface area (Å²) in [6.07, 6.45) is 22.9. The minimum atomic E-state index is -4.55. The summed E-state index contributed by atoms with van der Waals surface area (Å²) in [6.45, 7) is 5.72. The highest BCUT2D eigenvalue weighted by Crippen LogP contribution is 2.39. The first-order valence-electron chi connectivity index (χ1n) is 16.2. The van der Waals surface area contributed by atoms with E-state index < -0.39 is 13.9 Å². The quantitative estimate of drug-likeness (QED) is 0.0562. The van der Waals surface area contributed by atoms with Crippen LogP contribution in [0.1, 0.15) is 120 Å². The third-order valence-electron chi connectivity index (χ3n) is 7.40. The number of aryl methyl sites for hydroxylation is 1. The van der Waals surface area contributed by atoms with E-state index in [0.717, 1.165) is 18.4 Å². The molecule has 2 rings (SSSR count). The summed E-state index contributed by atoms with van der Waals surface area (Å²) in [6, 6.07) is 7.02. The number of thiazole rings is 1. The molecule has 2 unspecified atom stereocenters. The first-order valence-corrected chi connectivity index (χ1v) is 18.5. The Balaban J connectivity index is 1.46. The fourth-order valence-corrected chi connectivity index (χ4v) is 6.33. The molecule has 42 heavy (non-hydrogen) atoms. The molecule has 0 radical (unpaired) electrons. The SMILES string of the molecule is CCCCCCCCCCCCCCCCCCOCC(COP(=O)([O-])Oc1cccc(C[n+]2csc(C)c2)c1)OC. The topological polar surface area (TPSA) is 80.9 Å². The largest absolute Gasteiger partial charge is 0.746 e. The molecule has 0 fully saturated rings. The molecule has 0 bridgehead atoms. The molecule has 0 aliphatic carbocycles. The van der Waals surface area contributed by atoms with Crippen LogP contribution in [0, 0.1) is 6.92 Å². The highest BCUT2D eigenvalue weighted by Gasteiger charge is 2.17. The highest BCUT2D eigenvalue weighted by molar-refractivity contribution is 7.46. The van der Waals surface area contributed by atoms with Crippen molar-refractivity contribution in [3.63, 3.8) is 0 Å². The summed E-state index contributed by atoms with van der Waals surface area (Å²) >= 11 is 1.66. The minimum Gasteiger partial charge on any atom is -0.746 e. The number of methoxy groups -OCH3 is 1. The van der Waals surface area contributed by atoms with Crippen molar-refractivity contribution < 1.29 is 32.5 Å². The average molecular weight is 626 g/mol. The molecule has 1 aromatic carbocycles. The van der Waals surface area contributed by atoms with Crippen molar-refractivity contribution >= 4 is 19.2 Å². The monoisotopic (exact) mass is 625 g/mol. The van der Waals surface area contributed by atoms with Crippen LogP contribution in [0.3, 0.4) is 0 Å². The van der Waals surface area contributed by atoms with Gasteiger partial charge >= 0.3 is 7.82 Å². The maximum atomic E-state index is 12.4. The first-order chi connectivity index (χ1) is 20.4. The lowest BCUT2D eigenvalue weighted by molar-refractivity contribution is -0.683. The van der Waals surface area contributed by atoms with Gasteiger partial charge in [-0.25, -0.2) is 0 Å². The number of phosphoric acid groups is 1. The Labute approximate surface area is 259 Å². The van der Waals surface area contributed by atoms with Crippen LogP contribution in [-0.4, -0.2) is 33.0 Å². The molecule has 2 atom stereocenters. The van der Waals surface area contributed by atoms with Crippen LogP contribution < -0.4 is 14.0 Å². The van der Waals surface area contributed by atoms with Crippen molar-refractivity contribution in [1.82, 2.24) is 0 Å². The summed E-state index contributed by atoms with van der Waals surface area (Å²) in [5.74, 6) is 0.229. The normalized spacial score (nSPS) is 13.7. The van der Waals surface area contributed by atoms with Crippen molar-refractivity contribution in [2.75, 3.05) is 26.9 Å². The summed E-state index contributed by atoms with van der Waals surface area (Å²) in [5.41, 5.74) is 2.96. The van der Waals surface area contributed by atoms with Gasteiger partial charge in [0.2, 0.25) is 5.51 Å². The predicted octanol–water partition coefficient (Wildman–Crippen LogP) is 8.55. The number of unbranched alkanes of at least 4 members (excludes halogenated alkanes) is 15. The molecule has 0 aliphatic rings. The van der Waals surface area contributed by atoms with Crippen LogP contribution in [0.15, 0.2) is 36.0 Å². The van der Waals surface area contributed by atoms with Crippen LogP contribution in [0.4, 0.5) is 0 Å². The fraction of sp³-hybridized carbons (Fsp3) is 0.727. The van der Waals surface area contributed by atoms with Gasteiger partial charge in [-0.05, 0) is 25.5 Å². The molecule has 240 valence electrons. The maximum Gasteiger partial charge on any atom is 0.319 e. The van der Waals surface area contributed by atoms with Gasteiger partial charge in [0.1, 0.15) is 11.9 Å². The zero-order chi connectivity index (χ0) is 30.3. The second kappa shape index (κ2) is 23.1. The number of ether oxygens (including phenoxy) is 2. The number of benzene rings is 1. The first kappa shape index (κ1) is 36.9. The zero-order valence-electron chi connectivity index (χ0n) is 26.4. The smallest absolute Gasteiger partial charge is 0.319 e. The van der Waals surface area contributed by atoms with Crippen LogP contribution in [0.5, 0.6) is 5.75 Å². The average Bonchev–Trinajstić information content (AvgIpc) is 3.38. The molecule has 0 saturated heterocycles. The van der Waals surface area contributed by atoms with Gasteiger partial charge in [0, 0.05) is 19.3 Å². The highest BCUT2D eigenvalue weighted by atomic mass is 32.1. The van der Waals surface area contributed by atoms with Gasteiger partial charge in [0.25, 0.3) is 0 Å². The van der Waals surface area contributed by atoms with Gasteiger partial charge in [-0.1, -0.05) is 127 Å². The molecule has 0 aliphatic heterocycles. The van der Waals surface area contributed by atoms with E-state index in [2.05, 4.69) is 11.5 Å². The van der Waals surface area contributed by atoms with Gasteiger partial charge < -0.3 is 23.4 Å². The van der Waals surface area contributed by atoms with Crippen molar-refractivity contribution in [1.29, 1.82) is 0 Å². The Bertz CT molecular complexity index is 987. The van der Waals surface area contributed by atoms with E-state index >= 15 is 0 Å². The molecule has 7 nitrogen and oxygen atoms in total. The Morgan fingerprint density at radius 1 is 0.881 bits per heavy atom. The number of hydrogen-bond acceptors (Lipinski definition) is 7. The standard InChI is InChI=1S/C33H56NO6PS/c1-4-5-6-7-8-9-10-11-12-13-14-15-16-17-18-19-23-38-27-33(37-3)28-39-41(35,36)40-32-22-20-21-31(24-32)26-34-25-30(2)42-29-34/h20-22,24-25,29,33H,4-19,23,26-28H2,1-3H3. The van der Waals surface area contributed by atoms with Crippen molar-refractivity contribution in [2.24, 2.45) is 0 Å². The van der Waals surface area contributed by atoms with E-state index in [4.69, 9.17) is 18.5 Å². The molecular formula is C33H56NO6PS. The fourth-order valence-electron chi connectivity index (χ4n) is 4.92. The van der Waals surface area contributed by atoms with E-state index in [9.17, 15) is 9.46 Å². The van der Waals surface area contributed by atoms with Crippen LogP contribution >= 0.6 is 19.2 Å². The number of nitrogens with zero attached hydrogens (tertiary/aromatic N) is 1. The third-order valence-corrected chi connectivity index (χ3v) is 9.15. The Morgan fingerprint density at radius 2 is 1.48 bits per heavy atom. The maximum absolute atomic E-state index is 12.4. The van der Waals surface area contributed by atoms with Crippen LogP contribution in [-0.2, 0) is 25.1 Å². The lowest BCUT2D eigenvalue weighted by Gasteiger charge is -2.25. The Kier molecular flexibility index (Phi) is 20.3. The van der Waals surface area contributed by atoms with Crippen LogP contribution in [0.2, 0.25) is 0 Å². The van der Waals surface area contributed by atoms with Crippen molar-refractivity contribution in [2.45, 2.75) is 129 Å². The van der Waals surface area contributed by atoms with E-state index in [0.29, 0.717) is 13.2 Å². The minimum absolute atomic E-state index is 0.153. The molecule has 9 heteroatoms. The molecule has 0 spiro atoms. The molecule has 2 aromatic rings. The number of aromatic nitrogens is 1. The summed E-state index contributed by atoms with van der Waals surface area (Å²) in [5, 5.41) is 0. The molecule has 0 saturated carbocycles. The van der Waals surface area contributed by atoms with E-state index in [1.54, 1.807) is 29.5 Å². The lowest BCUT2D eigenvalue weighted by atomic mass is 10.0. The second-order valence-electron chi connectivity index (χ2n) is 11.4. The zero-order valence-corrected chi connectivity index (χ0v) is 28.1. The summed E-state index contributed by atoms with van der Waals surface area (Å²) in [7, 11) is -3.02. The van der Waals surface area contributed by atoms with Gasteiger partial charge in [0.05, 0.1) is 18.1 Å². The molecule has 1 aromatic heterocycles. The van der Waals surface area contributed by atoms with E-state index in [1.807, 2.05) is 24.7 Å². The van der Waals surface area contributed by atoms with Crippen LogP contribution in [0.25, 0.3) is 0 Å². The molecule has 1 heterocycles. The van der Waals surface area contributed by atoms with Gasteiger partial charge in [-0.2, -0.15) is 4.57 Å². The Morgan fingerprint density at radius 3 is 2.02 bits per heavy atom. The van der Waals surface area contributed by atoms with Gasteiger partial charge in [-0.15, -0.1) is 0 Å². The van der Waals surface area contributed by atoms with Gasteiger partial charge in [0.15, 0.2) is 12.7 Å². The lowest BCUT2D eigenvalue weighted by Crippen LogP contribution is -2.30. The number of hydrogen-bond donors (Lipinski definition) is 0. The predicted molar refractivity (Wildman–Crippen MR) is 170 cm³/mol. The van der Waals surface area contributed by atoms with E-state index in [-0.39, 0.29) is 19.0 Å². The molecular weight excluding hydrogens is 569 g/mol. The van der Waals surface area contributed by atoms with Crippen molar-refractivity contribution in [3.05, 3.63) is 46.4 Å². The summed E-state index contributed by atoms with van der Waals surface area (Å²) in [4.78, 5) is 13.6. The molecule has 0 N–H and O–H groups in total. The second-order valence-corrected chi connectivity index (χ2v) is 13.8. The molecule has 0 amide bonds. The number of rotatable bonds is 27. The van der Waals surface area contributed by atoms with E-state index in [1.165, 1.54) is 102 Å². The van der Waals surface area contributed by atoms with Crippen molar-refractivity contribution in [3.8, 4) is 5.75 Å². The summed E-state index contributed by atoms with van der Waals surface area (Å²) < 4.78 is 35.8. The number of phosphoric ester groups is 1. The third kappa shape index (κ3) is 18.4. The Hall–Kier alpha value is -1.28. The van der Waals surface area contributed by atoms with Gasteiger partial charge in [-0.3, -0.25) is 4.57 Å².